The molecule has 0 saturated heterocycles. The molecule has 0 spiro atoms. The SMILES string of the molecule is FC(F)(F)N1CC(Br)C=N1. The van der Waals surface area contributed by atoms with Crippen molar-refractivity contribution in [2.75, 3.05) is 6.54 Å². The topological polar surface area (TPSA) is 15.6 Å². The van der Waals surface area contributed by atoms with E-state index in [4.69, 9.17) is 0 Å². The largest absolute Gasteiger partial charge is 0.500 e. The van der Waals surface area contributed by atoms with Gasteiger partial charge in [-0.05, 0) is 0 Å². The highest BCUT2D eigenvalue weighted by molar-refractivity contribution is 9.10. The molecular weight excluding hydrogens is 213 g/mol. The van der Waals surface area contributed by atoms with Gasteiger partial charge in [-0.15, -0.1) is 13.2 Å². The lowest BCUT2D eigenvalue weighted by molar-refractivity contribution is -0.242. The molecule has 1 aliphatic rings. The second kappa shape index (κ2) is 2.41. The molecule has 0 amide bonds. The zero-order chi connectivity index (χ0) is 7.78. The van der Waals surface area contributed by atoms with Crippen molar-refractivity contribution in [3.05, 3.63) is 0 Å². The molecule has 1 heterocycles. The van der Waals surface area contributed by atoms with Crippen LogP contribution in [-0.4, -0.2) is 28.9 Å². The first-order valence-corrected chi connectivity index (χ1v) is 3.44. The summed E-state index contributed by atoms with van der Waals surface area (Å²) >= 11 is 2.98. The van der Waals surface area contributed by atoms with Gasteiger partial charge < -0.3 is 0 Å². The summed E-state index contributed by atoms with van der Waals surface area (Å²) in [5, 5.41) is 3.21. The number of hydrogen-bond acceptors (Lipinski definition) is 2. The van der Waals surface area contributed by atoms with Crippen LogP contribution in [0.2, 0.25) is 0 Å². The van der Waals surface area contributed by atoms with E-state index < -0.39 is 6.30 Å². The maximum absolute atomic E-state index is 11.7. The summed E-state index contributed by atoms with van der Waals surface area (Å²) in [5.41, 5.74) is 0. The molecule has 0 aromatic rings. The molecule has 1 atom stereocenters. The Bertz CT molecular complexity index is 155. The van der Waals surface area contributed by atoms with Crippen LogP contribution in [0.1, 0.15) is 0 Å². The molecule has 0 bridgehead atoms. The normalized spacial score (nSPS) is 26.0. The molecule has 10 heavy (non-hydrogen) atoms. The first kappa shape index (κ1) is 7.84. The Kier molecular flexibility index (Phi) is 1.89. The molecule has 1 unspecified atom stereocenters. The first-order valence-electron chi connectivity index (χ1n) is 2.52. The fraction of sp³-hybridized carbons (Fsp3) is 0.750. The monoisotopic (exact) mass is 216 g/mol. The minimum absolute atomic E-state index is 0.0897. The molecule has 0 aromatic heterocycles. The van der Waals surface area contributed by atoms with Crippen molar-refractivity contribution in [3.63, 3.8) is 0 Å². The lowest BCUT2D eigenvalue weighted by Crippen LogP contribution is -2.33. The summed E-state index contributed by atoms with van der Waals surface area (Å²) in [6, 6.07) is 0. The second-order valence-corrected chi connectivity index (χ2v) is 3.01. The van der Waals surface area contributed by atoms with E-state index in [-0.39, 0.29) is 16.4 Å². The summed E-state index contributed by atoms with van der Waals surface area (Å²) in [5.74, 6) is 0. The van der Waals surface area contributed by atoms with Crippen LogP contribution < -0.4 is 0 Å². The summed E-state index contributed by atoms with van der Waals surface area (Å²) in [7, 11) is 0. The van der Waals surface area contributed by atoms with Gasteiger partial charge in [-0.3, -0.25) is 0 Å². The Labute approximate surface area is 63.8 Å². The molecule has 0 aromatic carbocycles. The van der Waals surface area contributed by atoms with Crippen LogP contribution in [0, 0.1) is 0 Å². The molecule has 1 rings (SSSR count). The summed E-state index contributed by atoms with van der Waals surface area (Å²) in [6.07, 6.45) is -3.12. The van der Waals surface area contributed by atoms with E-state index in [1.807, 2.05) is 0 Å². The summed E-state index contributed by atoms with van der Waals surface area (Å²) < 4.78 is 35.2. The minimum Gasteiger partial charge on any atom is -0.203 e. The van der Waals surface area contributed by atoms with E-state index in [0.717, 1.165) is 0 Å². The molecule has 2 nitrogen and oxygen atoms in total. The summed E-state index contributed by atoms with van der Waals surface area (Å²) in [6.45, 7) is -0.135. The lowest BCUT2D eigenvalue weighted by Gasteiger charge is -2.16. The van der Waals surface area contributed by atoms with Crippen molar-refractivity contribution in [2.45, 2.75) is 11.1 Å². The van der Waals surface area contributed by atoms with Crippen LogP contribution in [0.15, 0.2) is 5.10 Å². The highest BCUT2D eigenvalue weighted by atomic mass is 79.9. The van der Waals surface area contributed by atoms with Gasteiger partial charge >= 0.3 is 6.30 Å². The van der Waals surface area contributed by atoms with Gasteiger partial charge in [-0.1, -0.05) is 15.9 Å². The zero-order valence-corrected chi connectivity index (χ0v) is 6.35. The highest BCUT2D eigenvalue weighted by Gasteiger charge is 2.39. The molecule has 58 valence electrons. The Hall–Kier alpha value is -0.260. The highest BCUT2D eigenvalue weighted by Crippen LogP contribution is 2.25. The van der Waals surface area contributed by atoms with Gasteiger partial charge in [-0.25, -0.2) is 5.01 Å². The third-order valence-corrected chi connectivity index (χ3v) is 1.53. The molecule has 0 fully saturated rings. The molecule has 0 N–H and O–H groups in total. The Morgan fingerprint density at radius 1 is 1.60 bits per heavy atom. The Balaban J connectivity index is 2.55. The lowest BCUT2D eigenvalue weighted by atomic mass is 10.5. The average molecular weight is 217 g/mol. The van der Waals surface area contributed by atoms with E-state index >= 15 is 0 Å². The maximum atomic E-state index is 11.7. The van der Waals surface area contributed by atoms with Crippen molar-refractivity contribution in [2.24, 2.45) is 5.10 Å². The van der Waals surface area contributed by atoms with Crippen LogP contribution in [-0.2, 0) is 0 Å². The van der Waals surface area contributed by atoms with Crippen molar-refractivity contribution in [1.82, 2.24) is 5.01 Å². The molecule has 0 saturated carbocycles. The van der Waals surface area contributed by atoms with Gasteiger partial charge in [0.05, 0.1) is 11.4 Å². The zero-order valence-electron chi connectivity index (χ0n) is 4.77. The summed E-state index contributed by atoms with van der Waals surface area (Å²) in [4.78, 5) is -0.283. The number of hydrazone groups is 1. The number of halogens is 4. The van der Waals surface area contributed by atoms with Crippen molar-refractivity contribution in [3.8, 4) is 0 Å². The van der Waals surface area contributed by atoms with E-state index in [1.54, 1.807) is 0 Å². The van der Waals surface area contributed by atoms with Crippen LogP contribution >= 0.6 is 15.9 Å². The fourth-order valence-electron chi connectivity index (χ4n) is 0.581. The number of hydrogen-bond donors (Lipinski definition) is 0. The molecular formula is C4H4BrF3N2. The number of rotatable bonds is 0. The van der Waals surface area contributed by atoms with E-state index in [2.05, 4.69) is 21.0 Å². The number of alkyl halides is 4. The van der Waals surface area contributed by atoms with Crippen molar-refractivity contribution < 1.29 is 13.2 Å². The van der Waals surface area contributed by atoms with Gasteiger partial charge in [0.1, 0.15) is 0 Å². The van der Waals surface area contributed by atoms with E-state index in [0.29, 0.717) is 0 Å². The molecule has 0 radical (unpaired) electrons. The molecule has 6 heteroatoms. The van der Waals surface area contributed by atoms with Crippen LogP contribution in [0.4, 0.5) is 13.2 Å². The molecule has 0 aliphatic carbocycles. The quantitative estimate of drug-likeness (QED) is 0.444. The standard InChI is InChI=1S/C4H4BrF3N2/c5-3-1-9-10(2-3)4(6,7)8/h1,3H,2H2. The third-order valence-electron chi connectivity index (χ3n) is 1.01. The van der Waals surface area contributed by atoms with Gasteiger partial charge in [0.15, 0.2) is 0 Å². The van der Waals surface area contributed by atoms with Crippen LogP contribution in [0.3, 0.4) is 0 Å². The fourth-order valence-corrected chi connectivity index (χ4v) is 0.961. The third kappa shape index (κ3) is 1.62. The van der Waals surface area contributed by atoms with Crippen LogP contribution in [0.5, 0.6) is 0 Å². The first-order chi connectivity index (χ1) is 4.50. The Morgan fingerprint density at radius 3 is 2.40 bits per heavy atom. The predicted molar refractivity (Wildman–Crippen MR) is 34.0 cm³/mol. The maximum Gasteiger partial charge on any atom is 0.500 e. The van der Waals surface area contributed by atoms with Crippen molar-refractivity contribution in [1.29, 1.82) is 0 Å². The van der Waals surface area contributed by atoms with E-state index in [9.17, 15) is 13.2 Å². The van der Waals surface area contributed by atoms with E-state index in [1.165, 1.54) is 6.21 Å². The predicted octanol–water partition coefficient (Wildman–Crippen LogP) is 1.57. The molecule has 1 aliphatic heterocycles. The van der Waals surface area contributed by atoms with Gasteiger partial charge in [0.2, 0.25) is 0 Å². The average Bonchev–Trinajstić information content (AvgIpc) is 2.11. The van der Waals surface area contributed by atoms with Gasteiger partial charge in [0, 0.05) is 6.21 Å². The smallest absolute Gasteiger partial charge is 0.203 e. The van der Waals surface area contributed by atoms with Gasteiger partial charge in [-0.2, -0.15) is 5.10 Å². The van der Waals surface area contributed by atoms with Crippen LogP contribution in [0.25, 0.3) is 0 Å². The second-order valence-electron chi connectivity index (χ2n) is 1.83. The Morgan fingerprint density at radius 2 is 2.20 bits per heavy atom. The van der Waals surface area contributed by atoms with Crippen molar-refractivity contribution >= 4 is 22.1 Å². The van der Waals surface area contributed by atoms with Gasteiger partial charge in [0.25, 0.3) is 0 Å². The number of nitrogens with zero attached hydrogens (tertiary/aromatic N) is 2. The minimum atomic E-state index is -4.33.